The molecule has 1 N–H and O–H groups in total. The van der Waals surface area contributed by atoms with Gasteiger partial charge < -0.3 is 10.1 Å². The minimum absolute atomic E-state index is 0.335. The van der Waals surface area contributed by atoms with Gasteiger partial charge in [-0.05, 0) is 50.2 Å². The Hall–Kier alpha value is -2.40. The Labute approximate surface area is 142 Å². The number of nitrogens with one attached hydrogen (secondary N) is 1. The van der Waals surface area contributed by atoms with Crippen LogP contribution in [0.5, 0.6) is 0 Å². The van der Waals surface area contributed by atoms with Crippen LogP contribution in [0.4, 0.5) is 11.5 Å². The fraction of sp³-hybridized carbons (Fsp3) is 0.368. The van der Waals surface area contributed by atoms with Crippen LogP contribution >= 0.6 is 0 Å². The Balaban J connectivity index is 1.58. The first-order valence-electron chi connectivity index (χ1n) is 8.49. The van der Waals surface area contributed by atoms with E-state index in [2.05, 4.69) is 15.2 Å². The summed E-state index contributed by atoms with van der Waals surface area (Å²) in [5, 5.41) is 3.17. The van der Waals surface area contributed by atoms with E-state index in [1.165, 1.54) is 19.3 Å². The summed E-state index contributed by atoms with van der Waals surface area (Å²) in [6.45, 7) is 3.42. The van der Waals surface area contributed by atoms with Gasteiger partial charge in [0, 0.05) is 18.4 Å². The van der Waals surface area contributed by atoms with Crippen molar-refractivity contribution in [3.63, 3.8) is 0 Å². The number of piperidine rings is 1. The number of pyridine rings is 1. The van der Waals surface area contributed by atoms with E-state index in [1.807, 2.05) is 30.3 Å². The molecule has 1 fully saturated rings. The number of hydrogen-bond donors (Lipinski definition) is 1. The first-order valence-corrected chi connectivity index (χ1v) is 8.49. The van der Waals surface area contributed by atoms with Crippen molar-refractivity contribution in [1.82, 2.24) is 9.88 Å². The summed E-state index contributed by atoms with van der Waals surface area (Å²) in [5.41, 5.74) is 1.35. The van der Waals surface area contributed by atoms with Crippen LogP contribution in [0.1, 0.15) is 29.6 Å². The Bertz CT molecular complexity index is 655. The molecule has 0 amide bonds. The zero-order chi connectivity index (χ0) is 16.6. The van der Waals surface area contributed by atoms with Gasteiger partial charge in [0.25, 0.3) is 0 Å². The highest BCUT2D eigenvalue weighted by atomic mass is 16.5. The van der Waals surface area contributed by atoms with Gasteiger partial charge in [0.2, 0.25) is 0 Å². The van der Waals surface area contributed by atoms with Gasteiger partial charge in [0.15, 0.2) is 0 Å². The van der Waals surface area contributed by atoms with Crippen LogP contribution in [0.15, 0.2) is 48.7 Å². The molecule has 1 saturated heterocycles. The molecule has 1 aromatic carbocycles. The highest BCUT2D eigenvalue weighted by molar-refractivity contribution is 5.95. The number of hydrogen-bond acceptors (Lipinski definition) is 5. The molecule has 5 nitrogen and oxygen atoms in total. The summed E-state index contributed by atoms with van der Waals surface area (Å²) < 4.78 is 5.45. The number of rotatable bonds is 6. The Kier molecular flexibility index (Phi) is 5.80. The molecule has 0 atom stereocenters. The minimum Gasteiger partial charge on any atom is -0.461 e. The SMILES string of the molecule is O=C(OCCN1CCCCC1)c1cccnc1Nc1ccccc1. The van der Waals surface area contributed by atoms with Crippen molar-refractivity contribution in [1.29, 1.82) is 0 Å². The molecular weight excluding hydrogens is 302 g/mol. The van der Waals surface area contributed by atoms with Crippen LogP contribution in [-0.2, 0) is 4.74 Å². The maximum absolute atomic E-state index is 12.4. The Morgan fingerprint density at radius 3 is 2.67 bits per heavy atom. The Morgan fingerprint density at radius 2 is 1.88 bits per heavy atom. The number of benzene rings is 1. The number of esters is 1. The van der Waals surface area contributed by atoms with E-state index < -0.39 is 0 Å². The standard InChI is InChI=1S/C19H23N3O2/c23-19(24-15-14-22-12-5-2-6-13-22)17-10-7-11-20-18(17)21-16-8-3-1-4-9-16/h1,3-4,7-11H,2,5-6,12-15H2,(H,20,21). The van der Waals surface area contributed by atoms with Gasteiger partial charge in [0.05, 0.1) is 0 Å². The van der Waals surface area contributed by atoms with Crippen molar-refractivity contribution < 1.29 is 9.53 Å². The molecule has 24 heavy (non-hydrogen) atoms. The quantitative estimate of drug-likeness (QED) is 0.824. The average Bonchev–Trinajstić information content (AvgIpc) is 2.64. The molecular formula is C19H23N3O2. The summed E-state index contributed by atoms with van der Waals surface area (Å²) in [5.74, 6) is 0.185. The van der Waals surface area contributed by atoms with E-state index in [0.29, 0.717) is 18.0 Å². The van der Waals surface area contributed by atoms with Gasteiger partial charge in [-0.25, -0.2) is 9.78 Å². The van der Waals surface area contributed by atoms with Crippen LogP contribution in [0.2, 0.25) is 0 Å². The van der Waals surface area contributed by atoms with Crippen LogP contribution < -0.4 is 5.32 Å². The molecule has 0 bridgehead atoms. The number of anilines is 2. The number of aromatic nitrogens is 1. The summed E-state index contributed by atoms with van der Waals surface area (Å²) in [7, 11) is 0. The van der Waals surface area contributed by atoms with Crippen molar-refractivity contribution in [2.75, 3.05) is 31.6 Å². The molecule has 2 aromatic rings. The fourth-order valence-electron chi connectivity index (χ4n) is 2.86. The number of carbonyl (C=O) groups excluding carboxylic acids is 1. The van der Waals surface area contributed by atoms with Crippen molar-refractivity contribution in [2.24, 2.45) is 0 Å². The third kappa shape index (κ3) is 4.55. The first-order chi connectivity index (χ1) is 11.8. The molecule has 2 heterocycles. The lowest BCUT2D eigenvalue weighted by atomic mass is 10.1. The molecule has 0 saturated carbocycles. The van der Waals surface area contributed by atoms with E-state index in [-0.39, 0.29) is 5.97 Å². The number of ether oxygens (including phenoxy) is 1. The molecule has 5 heteroatoms. The van der Waals surface area contributed by atoms with Crippen molar-refractivity contribution in [2.45, 2.75) is 19.3 Å². The molecule has 0 radical (unpaired) electrons. The lowest BCUT2D eigenvalue weighted by Gasteiger charge is -2.25. The first kappa shape index (κ1) is 16.5. The largest absolute Gasteiger partial charge is 0.461 e. The summed E-state index contributed by atoms with van der Waals surface area (Å²) in [4.78, 5) is 19.0. The molecule has 1 aromatic heterocycles. The number of nitrogens with zero attached hydrogens (tertiary/aromatic N) is 2. The van der Waals surface area contributed by atoms with Crippen LogP contribution in [0.25, 0.3) is 0 Å². The third-order valence-corrected chi connectivity index (χ3v) is 4.15. The van der Waals surface area contributed by atoms with Gasteiger partial charge in [-0.3, -0.25) is 4.90 Å². The maximum atomic E-state index is 12.4. The molecule has 1 aliphatic rings. The second-order valence-electron chi connectivity index (χ2n) is 5.93. The van der Waals surface area contributed by atoms with Gasteiger partial charge >= 0.3 is 5.97 Å². The molecule has 1 aliphatic heterocycles. The fourth-order valence-corrected chi connectivity index (χ4v) is 2.86. The van der Waals surface area contributed by atoms with Crippen LogP contribution in [-0.4, -0.2) is 42.1 Å². The maximum Gasteiger partial charge on any atom is 0.341 e. The van der Waals surface area contributed by atoms with E-state index >= 15 is 0 Å². The zero-order valence-corrected chi connectivity index (χ0v) is 13.8. The molecule has 0 unspecified atom stereocenters. The van der Waals surface area contributed by atoms with E-state index in [1.54, 1.807) is 18.3 Å². The lowest BCUT2D eigenvalue weighted by Crippen LogP contribution is -2.33. The molecule has 126 valence electrons. The predicted octanol–water partition coefficient (Wildman–Crippen LogP) is 3.47. The van der Waals surface area contributed by atoms with Crippen molar-refractivity contribution in [3.05, 3.63) is 54.2 Å². The summed E-state index contributed by atoms with van der Waals surface area (Å²) in [6.07, 6.45) is 5.44. The second-order valence-corrected chi connectivity index (χ2v) is 5.93. The van der Waals surface area contributed by atoms with E-state index in [4.69, 9.17) is 4.74 Å². The highest BCUT2D eigenvalue weighted by Gasteiger charge is 2.15. The smallest absolute Gasteiger partial charge is 0.341 e. The molecule has 0 spiro atoms. The number of carbonyl (C=O) groups is 1. The topological polar surface area (TPSA) is 54.5 Å². The van der Waals surface area contributed by atoms with Crippen LogP contribution in [0.3, 0.4) is 0 Å². The highest BCUT2D eigenvalue weighted by Crippen LogP contribution is 2.19. The summed E-state index contributed by atoms with van der Waals surface area (Å²) >= 11 is 0. The second kappa shape index (κ2) is 8.45. The van der Waals surface area contributed by atoms with E-state index in [9.17, 15) is 4.79 Å². The summed E-state index contributed by atoms with van der Waals surface area (Å²) in [6, 6.07) is 13.2. The van der Waals surface area contributed by atoms with Gasteiger partial charge in [0.1, 0.15) is 18.0 Å². The van der Waals surface area contributed by atoms with Gasteiger partial charge in [-0.2, -0.15) is 0 Å². The lowest BCUT2D eigenvalue weighted by molar-refractivity contribution is 0.0453. The monoisotopic (exact) mass is 325 g/mol. The average molecular weight is 325 g/mol. The third-order valence-electron chi connectivity index (χ3n) is 4.15. The minimum atomic E-state index is -0.335. The van der Waals surface area contributed by atoms with Gasteiger partial charge in [-0.15, -0.1) is 0 Å². The normalized spacial score (nSPS) is 15.0. The zero-order valence-electron chi connectivity index (χ0n) is 13.8. The van der Waals surface area contributed by atoms with Crippen LogP contribution in [0, 0.1) is 0 Å². The predicted molar refractivity (Wildman–Crippen MR) is 94.5 cm³/mol. The Morgan fingerprint density at radius 1 is 1.08 bits per heavy atom. The van der Waals surface area contributed by atoms with Crippen molar-refractivity contribution >= 4 is 17.5 Å². The number of para-hydroxylation sites is 1. The van der Waals surface area contributed by atoms with Gasteiger partial charge in [-0.1, -0.05) is 24.6 Å². The number of likely N-dealkylation sites (tertiary alicyclic amines) is 1. The molecule has 3 rings (SSSR count). The molecule has 0 aliphatic carbocycles. The van der Waals surface area contributed by atoms with Crippen molar-refractivity contribution in [3.8, 4) is 0 Å². The van der Waals surface area contributed by atoms with E-state index in [0.717, 1.165) is 25.3 Å².